The first kappa shape index (κ1) is 59.7. The number of hydrogen-bond donors (Lipinski definition) is 1. The summed E-state index contributed by atoms with van der Waals surface area (Å²) in [6.45, 7) is 33.7. The van der Waals surface area contributed by atoms with Crippen LogP contribution < -0.4 is 0 Å². The number of ketones is 1. The Labute approximate surface area is 445 Å². The lowest BCUT2D eigenvalue weighted by Crippen LogP contribution is -2.69. The van der Waals surface area contributed by atoms with Crippen LogP contribution in [0.4, 0.5) is 0 Å². The van der Waals surface area contributed by atoms with Crippen molar-refractivity contribution in [1.82, 2.24) is 0 Å². The molecule has 0 aromatic rings. The molecule has 0 aromatic heterocycles. The number of Topliss-reactive ketones (excluding diaryl/α,β-unsaturated/α-hetero) is 1. The second-order valence-electron chi connectivity index (χ2n) is 25.3. The number of fused-ring (bicyclic) bond motifs is 2. The Morgan fingerprint density at radius 1 is 0.851 bits per heavy atom. The fraction of sp³-hybridized carbons (Fsp3) is 0.825. The third-order valence-electron chi connectivity index (χ3n) is 17.5. The smallest absolute Gasteiger partial charge is 0.320 e. The molecule has 21 atom stereocenters. The lowest BCUT2D eigenvalue weighted by atomic mass is 9.65. The molecule has 1 N–H and O–H groups in total. The Kier molecular flexibility index (Phi) is 18.9. The zero-order valence-corrected chi connectivity index (χ0v) is 50.0. The molecule has 1 aliphatic carbocycles. The predicted octanol–water partition coefficient (Wildman–Crippen LogP) is 9.53. The van der Waals surface area contributed by atoms with Crippen LogP contribution in [-0.2, 0) is 65.8 Å². The number of rotatable bonds is 12. The van der Waals surface area contributed by atoms with Crippen LogP contribution in [0.15, 0.2) is 47.6 Å². The van der Waals surface area contributed by atoms with Gasteiger partial charge in [-0.3, -0.25) is 9.59 Å². The van der Waals surface area contributed by atoms with Gasteiger partial charge in [0.15, 0.2) is 40.8 Å². The Balaban J connectivity index is 1.29. The van der Waals surface area contributed by atoms with Gasteiger partial charge in [0, 0.05) is 57.7 Å². The Bertz CT molecular complexity index is 2080. The maximum absolute atomic E-state index is 15.5. The van der Waals surface area contributed by atoms with Crippen molar-refractivity contribution >= 4 is 28.4 Å². The van der Waals surface area contributed by atoms with Crippen LogP contribution in [0.1, 0.15) is 115 Å². The van der Waals surface area contributed by atoms with Crippen LogP contribution in [0, 0.1) is 29.6 Å². The topological polar surface area (TPSA) is 165 Å². The Morgan fingerprint density at radius 2 is 1.51 bits per heavy atom. The number of aliphatic hydroxyl groups is 1. The summed E-state index contributed by atoms with van der Waals surface area (Å²) in [6, 6.07) is 0. The molecular formula is C57H94O15Si2. The summed E-state index contributed by atoms with van der Waals surface area (Å²) < 4.78 is 80.4. The molecule has 17 heteroatoms. The van der Waals surface area contributed by atoms with Gasteiger partial charge in [-0.05, 0) is 88.1 Å². The van der Waals surface area contributed by atoms with E-state index in [2.05, 4.69) is 106 Å². The first-order valence-corrected chi connectivity index (χ1v) is 34.1. The monoisotopic (exact) mass is 1070 g/mol. The van der Waals surface area contributed by atoms with Crippen LogP contribution in [0.3, 0.4) is 0 Å². The van der Waals surface area contributed by atoms with Crippen LogP contribution in [-0.4, -0.2) is 152 Å². The molecule has 0 radical (unpaired) electrons. The van der Waals surface area contributed by atoms with Crippen molar-refractivity contribution in [3.05, 3.63) is 47.6 Å². The van der Waals surface area contributed by atoms with Gasteiger partial charge in [0.05, 0.1) is 55.4 Å². The molecule has 6 aliphatic heterocycles. The highest BCUT2D eigenvalue weighted by atomic mass is 28.4. The fourth-order valence-corrected chi connectivity index (χ4v) is 14.8. The molecule has 0 amide bonds. The van der Waals surface area contributed by atoms with E-state index in [0.717, 1.165) is 12.0 Å². The zero-order valence-electron chi connectivity index (χ0n) is 48.0. The number of aliphatic hydroxyl groups excluding tert-OH is 1. The van der Waals surface area contributed by atoms with Gasteiger partial charge in [-0.2, -0.15) is 0 Å². The van der Waals surface area contributed by atoms with Gasteiger partial charge >= 0.3 is 5.97 Å². The summed E-state index contributed by atoms with van der Waals surface area (Å²) in [6.07, 6.45) is 7.82. The minimum atomic E-state index is -2.60. The molecule has 15 nitrogen and oxygen atoms in total. The van der Waals surface area contributed by atoms with E-state index in [1.807, 2.05) is 39.0 Å². The minimum absolute atomic E-state index is 0.121. The number of esters is 1. The summed E-state index contributed by atoms with van der Waals surface area (Å²) in [5, 5.41) is 10.5. The van der Waals surface area contributed by atoms with Crippen LogP contribution in [0.5, 0.6) is 0 Å². The first-order chi connectivity index (χ1) is 34.6. The van der Waals surface area contributed by atoms with Gasteiger partial charge in [0.2, 0.25) is 0 Å². The standard InChI is InChI=1S/C57H94O15Si2/c1-19-32(2)50-35(5)25-26-56(70-50)30-41-27-40(69-56)24-23-34(4)49(67-45-29-43(62-13)52(38(8)65-45)68-44-28-42(61-12)48(59)37(7)64-44)33(3)21-20-22-39-31-63-53-51(71-74(17,18)55(9,10)11)36(6)47(58)46(54(60)66-41)57(39,53)72-73(14,15)16/h20-23,25-26,32-33,35-38,40-46,48-53,59H,19,24,27-31H2,1-18H3/b21-20+,34-23+,39-22+/t32-,33-,35-,36-,37-,38-,40+,41-,42-,43-,44-,45-,46-,48-,49-,50+,51+,52-,53+,56+,57+/m0/s1. The number of allylic oxidation sites excluding steroid dienone is 2. The lowest BCUT2D eigenvalue weighted by Gasteiger charge is -2.53. The second-order valence-corrected chi connectivity index (χ2v) is 34.5. The SMILES string of the molecule is CC[C@H](C)[C@H]1O[C@]2(C=C[C@@H]1C)C[C@@H]1C[C@@H](C/C=C(\C)[C@@H](O[C@H]3C[C@H](OC)[C@@H](O[C@H]4C[C@H](OC)[C@@H](O)[C@H](C)O4)[C@H](C)O3)[C@@H](C)/C=C/C=C3\CO[C@@H]4[C@H](O[Si](C)(C)C(C)(C)C)[C@@H](C)C(=O)[C@@H](C(=O)O1)[C@]34O[Si](C)(C)C)O2. The summed E-state index contributed by atoms with van der Waals surface area (Å²) >= 11 is 0. The van der Waals surface area contributed by atoms with Gasteiger partial charge in [-0.25, -0.2) is 0 Å². The van der Waals surface area contributed by atoms with E-state index in [0.29, 0.717) is 31.3 Å². The van der Waals surface area contributed by atoms with Crippen LogP contribution >= 0.6 is 0 Å². The summed E-state index contributed by atoms with van der Waals surface area (Å²) in [5.41, 5.74) is 0.171. The third-order valence-corrected chi connectivity index (χ3v) is 22.9. The van der Waals surface area contributed by atoms with Crippen LogP contribution in [0.2, 0.25) is 37.8 Å². The van der Waals surface area contributed by atoms with E-state index >= 15 is 9.59 Å². The fourth-order valence-electron chi connectivity index (χ4n) is 12.1. The summed E-state index contributed by atoms with van der Waals surface area (Å²) in [7, 11) is -1.86. The quantitative estimate of drug-likeness (QED) is 0.0850. The number of carbonyl (C=O) groups is 2. The van der Waals surface area contributed by atoms with Gasteiger partial charge in [0.1, 0.15) is 35.9 Å². The largest absolute Gasteiger partial charge is 0.461 e. The number of ether oxygens (including phenoxy) is 10. The van der Waals surface area contributed by atoms with Crippen molar-refractivity contribution in [2.75, 3.05) is 20.8 Å². The number of methoxy groups -OCH3 is 2. The maximum Gasteiger partial charge on any atom is 0.320 e. The van der Waals surface area contributed by atoms with E-state index in [-0.39, 0.29) is 47.7 Å². The molecule has 74 heavy (non-hydrogen) atoms. The Morgan fingerprint density at radius 3 is 2.16 bits per heavy atom. The van der Waals surface area contributed by atoms with E-state index < -0.39 is 126 Å². The van der Waals surface area contributed by atoms with Crippen molar-refractivity contribution in [2.45, 2.75) is 250 Å². The number of carbonyl (C=O) groups excluding carboxylic acids is 2. The average Bonchev–Trinajstić information content (AvgIpc) is 3.66. The van der Waals surface area contributed by atoms with Crippen molar-refractivity contribution in [3.8, 4) is 0 Å². The highest BCUT2D eigenvalue weighted by Gasteiger charge is 2.69. The van der Waals surface area contributed by atoms with Gasteiger partial charge in [-0.1, -0.05) is 92.2 Å². The van der Waals surface area contributed by atoms with Gasteiger partial charge in [0.25, 0.3) is 0 Å². The molecule has 6 heterocycles. The molecule has 5 fully saturated rings. The molecular weight excluding hydrogens is 981 g/mol. The molecule has 0 unspecified atom stereocenters. The third kappa shape index (κ3) is 12.6. The highest BCUT2D eigenvalue weighted by molar-refractivity contribution is 6.74. The van der Waals surface area contributed by atoms with E-state index in [4.69, 9.17) is 56.2 Å². The summed E-state index contributed by atoms with van der Waals surface area (Å²) in [5.74, 6) is -3.86. The molecule has 1 saturated carbocycles. The molecule has 7 aliphatic rings. The average molecular weight is 1080 g/mol. The highest BCUT2D eigenvalue weighted by Crippen LogP contribution is 2.53. The Hall–Kier alpha value is -1.95. The molecule has 420 valence electrons. The molecule has 0 aromatic carbocycles. The zero-order chi connectivity index (χ0) is 54.5. The lowest BCUT2D eigenvalue weighted by molar-refractivity contribution is -0.318. The molecule has 4 saturated heterocycles. The summed E-state index contributed by atoms with van der Waals surface area (Å²) in [4.78, 5) is 30.9. The van der Waals surface area contributed by atoms with E-state index in [1.54, 1.807) is 14.2 Å². The molecule has 2 bridgehead atoms. The normalized spacial score (nSPS) is 45.0. The molecule has 1 spiro atoms. The first-order valence-electron chi connectivity index (χ1n) is 27.8. The van der Waals surface area contributed by atoms with Gasteiger partial charge in [-0.15, -0.1) is 0 Å². The van der Waals surface area contributed by atoms with Crippen molar-refractivity contribution in [1.29, 1.82) is 0 Å². The minimum Gasteiger partial charge on any atom is -0.461 e. The number of hydrogen-bond acceptors (Lipinski definition) is 15. The van der Waals surface area contributed by atoms with Gasteiger partial charge < -0.3 is 61.3 Å². The van der Waals surface area contributed by atoms with Crippen LogP contribution in [0.25, 0.3) is 0 Å². The van der Waals surface area contributed by atoms with E-state index in [9.17, 15) is 5.11 Å². The second kappa shape index (κ2) is 23.4. The van der Waals surface area contributed by atoms with E-state index in [1.165, 1.54) is 0 Å². The maximum atomic E-state index is 15.5. The van der Waals surface area contributed by atoms with Crippen molar-refractivity contribution < 1.29 is 70.9 Å². The van der Waals surface area contributed by atoms with Crippen molar-refractivity contribution in [3.63, 3.8) is 0 Å². The predicted molar refractivity (Wildman–Crippen MR) is 286 cm³/mol. The van der Waals surface area contributed by atoms with Crippen molar-refractivity contribution in [2.24, 2.45) is 29.6 Å². The molecule has 7 rings (SSSR count).